The van der Waals surface area contributed by atoms with Crippen LogP contribution in [0.15, 0.2) is 35.8 Å². The minimum atomic E-state index is 0.115. The van der Waals surface area contributed by atoms with Gasteiger partial charge in [0.2, 0.25) is 0 Å². The van der Waals surface area contributed by atoms with E-state index in [1.54, 1.807) is 0 Å². The summed E-state index contributed by atoms with van der Waals surface area (Å²) in [5.41, 5.74) is 1.98. The predicted molar refractivity (Wildman–Crippen MR) is 89.8 cm³/mol. The molecule has 0 saturated carbocycles. The molecular weight excluding hydrogens is 282 g/mol. The Hall–Kier alpha value is -1.46. The Labute approximate surface area is 130 Å². The van der Waals surface area contributed by atoms with Crippen LogP contribution >= 0.6 is 11.8 Å². The molecule has 1 N–H and O–H groups in total. The van der Waals surface area contributed by atoms with Crippen LogP contribution in [-0.2, 0) is 0 Å². The van der Waals surface area contributed by atoms with Gasteiger partial charge >= 0.3 is 0 Å². The van der Waals surface area contributed by atoms with Crippen LogP contribution in [0, 0.1) is 0 Å². The summed E-state index contributed by atoms with van der Waals surface area (Å²) in [7, 11) is 2.17. The maximum atomic E-state index is 9.38. The van der Waals surface area contributed by atoms with Crippen molar-refractivity contribution in [3.63, 3.8) is 0 Å². The first-order valence-electron chi connectivity index (χ1n) is 7.26. The van der Waals surface area contributed by atoms with E-state index in [1.807, 2.05) is 36.0 Å². The van der Waals surface area contributed by atoms with Crippen molar-refractivity contribution in [1.29, 1.82) is 0 Å². The molecule has 1 saturated heterocycles. The lowest BCUT2D eigenvalue weighted by Gasteiger charge is -2.33. The Kier molecular flexibility index (Phi) is 4.22. The van der Waals surface area contributed by atoms with Crippen molar-refractivity contribution in [3.05, 3.63) is 42.0 Å². The van der Waals surface area contributed by atoms with Gasteiger partial charge in [-0.25, -0.2) is 0 Å². The van der Waals surface area contributed by atoms with Crippen LogP contribution in [0.5, 0.6) is 0 Å². The second-order valence-electron chi connectivity index (χ2n) is 5.60. The minimum Gasteiger partial charge on any atom is -0.508 e. The van der Waals surface area contributed by atoms with Gasteiger partial charge in [-0.2, -0.15) is 0 Å². The highest BCUT2D eigenvalue weighted by molar-refractivity contribution is 8.14. The van der Waals surface area contributed by atoms with Crippen molar-refractivity contribution >= 4 is 22.7 Å². The maximum Gasteiger partial charge on any atom is 0.160 e. The van der Waals surface area contributed by atoms with Gasteiger partial charge in [-0.15, -0.1) is 0 Å². The second kappa shape index (κ2) is 6.12. The molecule has 1 aromatic rings. The molecule has 1 unspecified atom stereocenters. The molecule has 0 radical (unpaired) electrons. The van der Waals surface area contributed by atoms with E-state index in [4.69, 9.17) is 4.99 Å². The van der Waals surface area contributed by atoms with Crippen LogP contribution < -0.4 is 0 Å². The van der Waals surface area contributed by atoms with E-state index in [0.29, 0.717) is 0 Å². The van der Waals surface area contributed by atoms with Gasteiger partial charge in [0.1, 0.15) is 5.76 Å². The first-order chi connectivity index (χ1) is 10.1. The summed E-state index contributed by atoms with van der Waals surface area (Å²) in [6.45, 7) is 7.90. The van der Waals surface area contributed by atoms with Gasteiger partial charge in [-0.3, -0.25) is 4.99 Å². The molecule has 112 valence electrons. The fraction of sp³-hybridized carbons (Fsp3) is 0.438. The highest BCUT2D eigenvalue weighted by Gasteiger charge is 2.25. The van der Waals surface area contributed by atoms with Crippen LogP contribution in [0.2, 0.25) is 0 Å². The number of piperazine rings is 1. The fourth-order valence-electron chi connectivity index (χ4n) is 2.60. The zero-order valence-corrected chi connectivity index (χ0v) is 13.1. The van der Waals surface area contributed by atoms with Gasteiger partial charge in [0.25, 0.3) is 0 Å². The average Bonchev–Trinajstić information content (AvgIpc) is 2.98. The molecule has 0 aromatic heterocycles. The summed E-state index contributed by atoms with van der Waals surface area (Å²) >= 11 is 1.85. The molecule has 0 aliphatic carbocycles. The largest absolute Gasteiger partial charge is 0.508 e. The third kappa shape index (κ3) is 3.24. The number of hydrogen-bond donors (Lipinski definition) is 1. The Morgan fingerprint density at radius 2 is 1.90 bits per heavy atom. The Bertz CT molecular complexity index is 547. The maximum absolute atomic E-state index is 9.38. The van der Waals surface area contributed by atoms with E-state index in [1.165, 1.54) is 10.7 Å². The van der Waals surface area contributed by atoms with Crippen molar-refractivity contribution in [3.8, 4) is 0 Å². The fourth-order valence-corrected chi connectivity index (χ4v) is 3.74. The molecule has 1 atom stereocenters. The van der Waals surface area contributed by atoms with Crippen LogP contribution in [0.4, 0.5) is 0 Å². The van der Waals surface area contributed by atoms with Crippen molar-refractivity contribution in [2.45, 2.75) is 6.04 Å². The Balaban J connectivity index is 1.69. The molecule has 0 bridgehead atoms. The lowest BCUT2D eigenvalue weighted by atomic mass is 10.1. The Morgan fingerprint density at radius 1 is 1.24 bits per heavy atom. The predicted octanol–water partition coefficient (Wildman–Crippen LogP) is 2.61. The van der Waals surface area contributed by atoms with Crippen molar-refractivity contribution < 1.29 is 5.11 Å². The summed E-state index contributed by atoms with van der Waals surface area (Å²) in [4.78, 5) is 9.64. The molecule has 2 aliphatic heterocycles. The van der Waals surface area contributed by atoms with Gasteiger partial charge in [0.05, 0.1) is 6.04 Å². The molecular formula is C16H21N3OS. The summed E-state index contributed by atoms with van der Waals surface area (Å²) in [5, 5.41) is 10.6. The molecule has 1 aromatic carbocycles. The SMILES string of the molecule is C=C(O)c1ccc(C2CSC(N3CCN(C)CC3)=N2)cc1. The normalized spacial score (nSPS) is 23.2. The van der Waals surface area contributed by atoms with Gasteiger partial charge in [0.15, 0.2) is 5.17 Å². The molecule has 0 amide bonds. The minimum absolute atomic E-state index is 0.115. The van der Waals surface area contributed by atoms with Crippen LogP contribution in [0.3, 0.4) is 0 Å². The number of likely N-dealkylation sites (N-methyl/N-ethyl adjacent to an activating group) is 1. The molecule has 2 heterocycles. The zero-order chi connectivity index (χ0) is 14.8. The number of rotatable bonds is 2. The highest BCUT2D eigenvalue weighted by atomic mass is 32.2. The van der Waals surface area contributed by atoms with Gasteiger partial charge < -0.3 is 14.9 Å². The highest BCUT2D eigenvalue weighted by Crippen LogP contribution is 2.32. The monoisotopic (exact) mass is 303 g/mol. The summed E-state index contributed by atoms with van der Waals surface area (Å²) < 4.78 is 0. The molecule has 1 fully saturated rings. The van der Waals surface area contributed by atoms with E-state index in [0.717, 1.165) is 37.5 Å². The van der Waals surface area contributed by atoms with Gasteiger partial charge in [-0.05, 0) is 12.6 Å². The third-order valence-corrected chi connectivity index (χ3v) is 5.14. The molecule has 21 heavy (non-hydrogen) atoms. The molecule has 0 spiro atoms. The van der Waals surface area contributed by atoms with Gasteiger partial charge in [0, 0.05) is 37.5 Å². The molecule has 4 nitrogen and oxygen atoms in total. The van der Waals surface area contributed by atoms with E-state index < -0.39 is 0 Å². The lowest BCUT2D eigenvalue weighted by molar-refractivity contribution is 0.218. The van der Waals surface area contributed by atoms with Crippen LogP contribution in [-0.4, -0.2) is 59.1 Å². The number of nitrogens with zero attached hydrogens (tertiary/aromatic N) is 3. The summed E-state index contributed by atoms with van der Waals surface area (Å²) in [5.74, 6) is 1.12. The number of hydrogen-bond acceptors (Lipinski definition) is 5. The molecule has 2 aliphatic rings. The number of thioether (sulfide) groups is 1. The van der Waals surface area contributed by atoms with Gasteiger partial charge in [-0.1, -0.05) is 42.6 Å². The van der Waals surface area contributed by atoms with Crippen LogP contribution in [0.1, 0.15) is 17.2 Å². The second-order valence-corrected chi connectivity index (χ2v) is 6.58. The van der Waals surface area contributed by atoms with E-state index in [2.05, 4.69) is 23.4 Å². The number of aliphatic hydroxyl groups excluding tert-OH is 1. The smallest absolute Gasteiger partial charge is 0.160 e. The molecule has 5 heteroatoms. The summed E-state index contributed by atoms with van der Waals surface area (Å²) in [6, 6.07) is 8.12. The van der Waals surface area contributed by atoms with Crippen molar-refractivity contribution in [2.75, 3.05) is 39.0 Å². The number of aliphatic hydroxyl groups is 1. The third-order valence-electron chi connectivity index (χ3n) is 4.04. The van der Waals surface area contributed by atoms with E-state index in [-0.39, 0.29) is 11.8 Å². The summed E-state index contributed by atoms with van der Waals surface area (Å²) in [6.07, 6.45) is 0. The van der Waals surface area contributed by atoms with Crippen molar-refractivity contribution in [2.24, 2.45) is 4.99 Å². The Morgan fingerprint density at radius 3 is 2.52 bits per heavy atom. The lowest BCUT2D eigenvalue weighted by Crippen LogP contribution is -2.46. The van der Waals surface area contributed by atoms with E-state index >= 15 is 0 Å². The zero-order valence-electron chi connectivity index (χ0n) is 12.3. The van der Waals surface area contributed by atoms with E-state index in [9.17, 15) is 5.11 Å². The first-order valence-corrected chi connectivity index (χ1v) is 8.24. The quantitative estimate of drug-likeness (QED) is 0.853. The average molecular weight is 303 g/mol. The molecule has 3 rings (SSSR count). The topological polar surface area (TPSA) is 39.1 Å². The van der Waals surface area contributed by atoms with Crippen molar-refractivity contribution in [1.82, 2.24) is 9.80 Å². The van der Waals surface area contributed by atoms with Crippen LogP contribution in [0.25, 0.3) is 5.76 Å². The standard InChI is InChI=1S/C16H21N3OS/c1-12(20)13-3-5-14(6-4-13)15-11-21-16(17-15)19-9-7-18(2)8-10-19/h3-6,15,20H,1,7-11H2,2H3. The first kappa shape index (κ1) is 14.5. The number of amidine groups is 1. The number of benzene rings is 1. The number of aliphatic imine (C=N–C) groups is 1.